The van der Waals surface area contributed by atoms with Gasteiger partial charge in [0.1, 0.15) is 18.2 Å². The fraction of sp³-hybridized carbons (Fsp3) is 0.310. The number of para-hydroxylation sites is 4. The maximum Gasteiger partial charge on any atom is 0.227 e. The molecule has 5 heteroatoms. The van der Waals surface area contributed by atoms with Gasteiger partial charge in [0.15, 0.2) is 0 Å². The van der Waals surface area contributed by atoms with Gasteiger partial charge in [-0.05, 0) is 62.1 Å². The monoisotopic (exact) mass is 453 g/mol. The van der Waals surface area contributed by atoms with Crippen molar-refractivity contribution in [3.63, 3.8) is 0 Å². The van der Waals surface area contributed by atoms with Crippen LogP contribution in [0.3, 0.4) is 0 Å². The van der Waals surface area contributed by atoms with Crippen molar-refractivity contribution in [2.45, 2.75) is 46.6 Å². The van der Waals surface area contributed by atoms with E-state index in [0.29, 0.717) is 26.1 Å². The average Bonchev–Trinajstić information content (AvgIpc) is 3.36. The second-order valence-corrected chi connectivity index (χ2v) is 9.33. The molecule has 1 aromatic heterocycles. The SMILES string of the molecule is Cc1cccc(C)c1OCCn1c(C2CC(=O)N(c3c(C)cccc3C)C2)nc2ccccc21. The molecule has 1 aliphatic rings. The lowest BCUT2D eigenvalue weighted by Gasteiger charge is -2.21. The minimum Gasteiger partial charge on any atom is -0.491 e. The van der Waals surface area contributed by atoms with E-state index < -0.39 is 0 Å². The van der Waals surface area contributed by atoms with Crippen molar-refractivity contribution in [1.82, 2.24) is 9.55 Å². The first kappa shape index (κ1) is 22.2. The maximum atomic E-state index is 13.1. The normalized spacial score (nSPS) is 15.9. The van der Waals surface area contributed by atoms with Gasteiger partial charge in [0, 0.05) is 24.6 Å². The fourth-order valence-corrected chi connectivity index (χ4v) is 5.23. The summed E-state index contributed by atoms with van der Waals surface area (Å²) in [5.41, 5.74) is 7.62. The van der Waals surface area contributed by atoms with Gasteiger partial charge in [0.25, 0.3) is 0 Å². The predicted octanol–water partition coefficient (Wildman–Crippen LogP) is 5.87. The molecule has 1 unspecified atom stereocenters. The molecule has 0 spiro atoms. The molecule has 1 aliphatic heterocycles. The largest absolute Gasteiger partial charge is 0.491 e. The number of hydrogen-bond donors (Lipinski definition) is 0. The number of benzene rings is 3. The molecule has 3 aromatic carbocycles. The molecule has 0 bridgehead atoms. The molecule has 0 saturated carbocycles. The Morgan fingerprint density at radius 2 is 1.53 bits per heavy atom. The summed E-state index contributed by atoms with van der Waals surface area (Å²) in [5.74, 6) is 2.12. The number of carbonyl (C=O) groups is 1. The van der Waals surface area contributed by atoms with Crippen molar-refractivity contribution in [2.24, 2.45) is 0 Å². The minimum atomic E-state index is 0.0408. The quantitative estimate of drug-likeness (QED) is 0.367. The third kappa shape index (κ3) is 3.96. The Morgan fingerprint density at radius 3 is 2.24 bits per heavy atom. The first-order valence-electron chi connectivity index (χ1n) is 11.9. The smallest absolute Gasteiger partial charge is 0.227 e. The van der Waals surface area contributed by atoms with Crippen LogP contribution in [0.15, 0.2) is 60.7 Å². The molecule has 34 heavy (non-hydrogen) atoms. The second-order valence-electron chi connectivity index (χ2n) is 9.33. The lowest BCUT2D eigenvalue weighted by atomic mass is 10.1. The molecular formula is C29H31N3O2. The summed E-state index contributed by atoms with van der Waals surface area (Å²) in [5, 5.41) is 0. The van der Waals surface area contributed by atoms with E-state index in [-0.39, 0.29) is 11.8 Å². The molecule has 0 radical (unpaired) electrons. The Hall–Kier alpha value is -3.60. The van der Waals surface area contributed by atoms with Crippen molar-refractivity contribution in [3.8, 4) is 5.75 Å². The molecule has 174 valence electrons. The van der Waals surface area contributed by atoms with Gasteiger partial charge in [-0.2, -0.15) is 0 Å². The first-order valence-corrected chi connectivity index (χ1v) is 11.9. The molecule has 4 aromatic rings. The highest BCUT2D eigenvalue weighted by Crippen LogP contribution is 2.36. The zero-order chi connectivity index (χ0) is 23.8. The van der Waals surface area contributed by atoms with Crippen LogP contribution in [-0.2, 0) is 11.3 Å². The number of ether oxygens (including phenoxy) is 1. The fourth-order valence-electron chi connectivity index (χ4n) is 5.23. The van der Waals surface area contributed by atoms with E-state index in [4.69, 9.17) is 9.72 Å². The molecule has 0 aliphatic carbocycles. The number of amides is 1. The van der Waals surface area contributed by atoms with Gasteiger partial charge in [-0.3, -0.25) is 4.79 Å². The van der Waals surface area contributed by atoms with E-state index in [9.17, 15) is 4.79 Å². The summed E-state index contributed by atoms with van der Waals surface area (Å²) in [6.07, 6.45) is 0.467. The zero-order valence-electron chi connectivity index (χ0n) is 20.3. The third-order valence-corrected chi connectivity index (χ3v) is 6.85. The van der Waals surface area contributed by atoms with Crippen LogP contribution in [0.5, 0.6) is 5.75 Å². The number of fused-ring (bicyclic) bond motifs is 1. The van der Waals surface area contributed by atoms with Gasteiger partial charge >= 0.3 is 0 Å². The Balaban J connectivity index is 1.44. The zero-order valence-corrected chi connectivity index (χ0v) is 20.3. The number of hydrogen-bond acceptors (Lipinski definition) is 3. The number of imidazole rings is 1. The maximum absolute atomic E-state index is 13.1. The van der Waals surface area contributed by atoms with E-state index in [0.717, 1.165) is 50.5 Å². The summed E-state index contributed by atoms with van der Waals surface area (Å²) >= 11 is 0. The predicted molar refractivity (Wildman–Crippen MR) is 137 cm³/mol. The van der Waals surface area contributed by atoms with Crippen LogP contribution in [0.4, 0.5) is 5.69 Å². The Bertz CT molecular complexity index is 1330. The van der Waals surface area contributed by atoms with Gasteiger partial charge in [0.05, 0.1) is 17.6 Å². The Labute approximate surface area is 201 Å². The van der Waals surface area contributed by atoms with Gasteiger partial charge in [-0.15, -0.1) is 0 Å². The summed E-state index contributed by atoms with van der Waals surface area (Å²) in [6, 6.07) is 20.6. The van der Waals surface area contributed by atoms with Crippen molar-refractivity contribution < 1.29 is 9.53 Å². The number of aromatic nitrogens is 2. The van der Waals surface area contributed by atoms with Crippen LogP contribution in [0.25, 0.3) is 11.0 Å². The van der Waals surface area contributed by atoms with Gasteiger partial charge in [0.2, 0.25) is 5.91 Å². The van der Waals surface area contributed by atoms with Crippen LogP contribution in [0, 0.1) is 27.7 Å². The molecule has 5 rings (SSSR count). The highest BCUT2D eigenvalue weighted by molar-refractivity contribution is 5.98. The summed E-state index contributed by atoms with van der Waals surface area (Å²) in [7, 11) is 0. The average molecular weight is 454 g/mol. The molecule has 1 fully saturated rings. The molecule has 0 N–H and O–H groups in total. The van der Waals surface area contributed by atoms with Crippen LogP contribution in [0.2, 0.25) is 0 Å². The molecule has 2 heterocycles. The van der Waals surface area contributed by atoms with Crippen LogP contribution in [0.1, 0.15) is 40.4 Å². The van der Waals surface area contributed by atoms with E-state index in [1.54, 1.807) is 0 Å². The number of aryl methyl sites for hydroxylation is 4. The van der Waals surface area contributed by atoms with Crippen molar-refractivity contribution in [2.75, 3.05) is 18.1 Å². The van der Waals surface area contributed by atoms with Crippen LogP contribution >= 0.6 is 0 Å². The van der Waals surface area contributed by atoms with Gasteiger partial charge in [-0.1, -0.05) is 48.5 Å². The highest BCUT2D eigenvalue weighted by atomic mass is 16.5. The van der Waals surface area contributed by atoms with E-state index >= 15 is 0 Å². The number of carbonyl (C=O) groups excluding carboxylic acids is 1. The van der Waals surface area contributed by atoms with Crippen LogP contribution in [-0.4, -0.2) is 28.6 Å². The summed E-state index contributed by atoms with van der Waals surface area (Å²) in [4.78, 5) is 20.1. The summed E-state index contributed by atoms with van der Waals surface area (Å²) < 4.78 is 8.47. The standard InChI is InChI=1S/C29H31N3O2/c1-19-9-7-10-20(2)27(19)32-18-23(17-26(32)33)29-30-24-13-5-6-14-25(24)31(29)15-16-34-28-21(3)11-8-12-22(28)4/h5-14,23H,15-18H2,1-4H3. The van der Waals surface area contributed by atoms with Gasteiger partial charge in [-0.25, -0.2) is 4.98 Å². The minimum absolute atomic E-state index is 0.0408. The molecular weight excluding hydrogens is 422 g/mol. The highest BCUT2D eigenvalue weighted by Gasteiger charge is 2.35. The molecule has 1 amide bonds. The van der Waals surface area contributed by atoms with Crippen molar-refractivity contribution in [1.29, 1.82) is 0 Å². The topological polar surface area (TPSA) is 47.4 Å². The Kier molecular flexibility index (Phi) is 5.86. The molecule has 5 nitrogen and oxygen atoms in total. The van der Waals surface area contributed by atoms with Crippen molar-refractivity contribution >= 4 is 22.6 Å². The third-order valence-electron chi connectivity index (χ3n) is 6.85. The number of nitrogens with zero attached hydrogens (tertiary/aromatic N) is 3. The van der Waals surface area contributed by atoms with Gasteiger partial charge < -0.3 is 14.2 Å². The van der Waals surface area contributed by atoms with Crippen LogP contribution < -0.4 is 9.64 Å². The lowest BCUT2D eigenvalue weighted by molar-refractivity contribution is -0.117. The van der Waals surface area contributed by atoms with Crippen molar-refractivity contribution in [3.05, 3.63) is 88.7 Å². The second kappa shape index (κ2) is 8.98. The first-order chi connectivity index (χ1) is 16.4. The molecule has 1 saturated heterocycles. The number of rotatable bonds is 6. The molecule has 1 atom stereocenters. The summed E-state index contributed by atoms with van der Waals surface area (Å²) in [6.45, 7) is 10.2. The lowest BCUT2D eigenvalue weighted by Crippen LogP contribution is -2.26. The van der Waals surface area contributed by atoms with E-state index in [2.05, 4.69) is 68.7 Å². The Morgan fingerprint density at radius 1 is 0.882 bits per heavy atom. The van der Waals surface area contributed by atoms with E-state index in [1.165, 1.54) is 0 Å². The van der Waals surface area contributed by atoms with E-state index in [1.807, 2.05) is 29.2 Å². The number of anilines is 1.